The molecule has 1 fully saturated rings. The minimum atomic E-state index is -1.21. The lowest BCUT2D eigenvalue weighted by atomic mass is 10.0. The van der Waals surface area contributed by atoms with E-state index in [2.05, 4.69) is 18.7 Å². The van der Waals surface area contributed by atoms with Crippen LogP contribution in [0.3, 0.4) is 0 Å². The Balaban J connectivity index is 2.15. The van der Waals surface area contributed by atoms with Gasteiger partial charge in [0, 0.05) is 12.6 Å². The van der Waals surface area contributed by atoms with Crippen LogP contribution in [0, 0.1) is 11.7 Å². The van der Waals surface area contributed by atoms with Gasteiger partial charge in [0.1, 0.15) is 5.82 Å². The molecule has 1 saturated heterocycles. The molecular formula is C15H20FNO2. The molecule has 2 rings (SSSR count). The van der Waals surface area contributed by atoms with E-state index in [1.807, 2.05) is 0 Å². The first-order valence-electron chi connectivity index (χ1n) is 6.75. The van der Waals surface area contributed by atoms with E-state index in [-0.39, 0.29) is 5.56 Å². The summed E-state index contributed by atoms with van der Waals surface area (Å²) >= 11 is 0. The van der Waals surface area contributed by atoms with Crippen LogP contribution in [-0.4, -0.2) is 28.6 Å². The van der Waals surface area contributed by atoms with E-state index in [9.17, 15) is 9.18 Å². The molecule has 4 heteroatoms. The number of carboxylic acid groups (broad SMARTS) is 1. The van der Waals surface area contributed by atoms with Crippen molar-refractivity contribution in [3.05, 3.63) is 35.1 Å². The molecule has 0 radical (unpaired) electrons. The minimum absolute atomic E-state index is 0.238. The normalized spacial score (nSPS) is 20.1. The Kier molecular flexibility index (Phi) is 4.20. The number of hydrogen-bond donors (Lipinski definition) is 1. The van der Waals surface area contributed by atoms with Crippen LogP contribution in [-0.2, 0) is 6.54 Å². The molecule has 1 N–H and O–H groups in total. The third-order valence-corrected chi connectivity index (χ3v) is 3.83. The van der Waals surface area contributed by atoms with Crippen LogP contribution in [0.4, 0.5) is 4.39 Å². The number of aromatic carboxylic acids is 1. The van der Waals surface area contributed by atoms with Gasteiger partial charge in [0.2, 0.25) is 0 Å². The Hall–Kier alpha value is -1.42. The molecule has 1 heterocycles. The number of hydrogen-bond acceptors (Lipinski definition) is 2. The first-order valence-corrected chi connectivity index (χ1v) is 6.75. The molecule has 0 bridgehead atoms. The summed E-state index contributed by atoms with van der Waals surface area (Å²) in [5.74, 6) is -1.29. The van der Waals surface area contributed by atoms with Gasteiger partial charge in [-0.3, -0.25) is 4.90 Å². The van der Waals surface area contributed by atoms with Gasteiger partial charge in [-0.05, 0) is 43.0 Å². The molecule has 1 aliphatic rings. The maximum Gasteiger partial charge on any atom is 0.338 e. The van der Waals surface area contributed by atoms with E-state index >= 15 is 0 Å². The van der Waals surface area contributed by atoms with E-state index in [0.717, 1.165) is 12.1 Å². The number of carboxylic acids is 1. The van der Waals surface area contributed by atoms with Crippen LogP contribution in [0.15, 0.2) is 18.2 Å². The highest BCUT2D eigenvalue weighted by Crippen LogP contribution is 2.26. The molecule has 0 spiro atoms. The topological polar surface area (TPSA) is 40.5 Å². The van der Waals surface area contributed by atoms with Crippen LogP contribution >= 0.6 is 0 Å². The molecular weight excluding hydrogens is 245 g/mol. The van der Waals surface area contributed by atoms with E-state index in [4.69, 9.17) is 5.11 Å². The monoisotopic (exact) mass is 265 g/mol. The van der Waals surface area contributed by atoms with Crippen molar-refractivity contribution in [2.45, 2.75) is 39.3 Å². The van der Waals surface area contributed by atoms with Gasteiger partial charge in [-0.2, -0.15) is 0 Å². The molecule has 1 aromatic rings. The first kappa shape index (κ1) is 14.0. The van der Waals surface area contributed by atoms with Crippen molar-refractivity contribution in [2.24, 2.45) is 5.92 Å². The van der Waals surface area contributed by atoms with Gasteiger partial charge in [-0.15, -0.1) is 0 Å². The first-order chi connectivity index (χ1) is 8.99. The van der Waals surface area contributed by atoms with E-state index < -0.39 is 11.8 Å². The SMILES string of the molecule is CC(C)C1CCCN1Cc1ccc(F)c(C(=O)O)c1. The van der Waals surface area contributed by atoms with Gasteiger partial charge in [-0.1, -0.05) is 19.9 Å². The summed E-state index contributed by atoms with van der Waals surface area (Å²) in [6.45, 7) is 6.14. The predicted octanol–water partition coefficient (Wildman–Crippen LogP) is 3.14. The predicted molar refractivity (Wildman–Crippen MR) is 71.6 cm³/mol. The smallest absolute Gasteiger partial charge is 0.338 e. The van der Waals surface area contributed by atoms with Crippen molar-refractivity contribution in [2.75, 3.05) is 6.54 Å². The van der Waals surface area contributed by atoms with Gasteiger partial charge < -0.3 is 5.11 Å². The highest BCUT2D eigenvalue weighted by atomic mass is 19.1. The Morgan fingerprint density at radius 2 is 2.26 bits per heavy atom. The van der Waals surface area contributed by atoms with Crippen molar-refractivity contribution >= 4 is 5.97 Å². The summed E-state index contributed by atoms with van der Waals surface area (Å²) in [7, 11) is 0. The zero-order chi connectivity index (χ0) is 14.0. The maximum absolute atomic E-state index is 13.3. The average molecular weight is 265 g/mol. The molecule has 104 valence electrons. The molecule has 1 atom stereocenters. The standard InChI is InChI=1S/C15H20FNO2/c1-10(2)14-4-3-7-17(14)9-11-5-6-13(16)12(8-11)15(18)19/h5-6,8,10,14H,3-4,7,9H2,1-2H3,(H,18,19). The highest BCUT2D eigenvalue weighted by Gasteiger charge is 2.27. The summed E-state index contributed by atoms with van der Waals surface area (Å²) in [5.41, 5.74) is 0.629. The molecule has 1 aliphatic heterocycles. The molecule has 0 aliphatic carbocycles. The van der Waals surface area contributed by atoms with Crippen molar-refractivity contribution in [3.63, 3.8) is 0 Å². The Bertz CT molecular complexity index is 473. The second-order valence-electron chi connectivity index (χ2n) is 5.54. The molecule has 19 heavy (non-hydrogen) atoms. The van der Waals surface area contributed by atoms with Gasteiger partial charge in [-0.25, -0.2) is 9.18 Å². The quantitative estimate of drug-likeness (QED) is 0.909. The number of carbonyl (C=O) groups is 1. The Labute approximate surface area is 113 Å². The second-order valence-corrected chi connectivity index (χ2v) is 5.54. The summed E-state index contributed by atoms with van der Waals surface area (Å²) in [5, 5.41) is 8.94. The lowest BCUT2D eigenvalue weighted by Gasteiger charge is -2.27. The molecule has 0 saturated carbocycles. The number of benzene rings is 1. The lowest BCUT2D eigenvalue weighted by Crippen LogP contribution is -2.32. The van der Waals surface area contributed by atoms with Crippen molar-refractivity contribution in [3.8, 4) is 0 Å². The van der Waals surface area contributed by atoms with Crippen molar-refractivity contribution in [1.29, 1.82) is 0 Å². The van der Waals surface area contributed by atoms with Gasteiger partial charge in [0.25, 0.3) is 0 Å². The Morgan fingerprint density at radius 3 is 2.89 bits per heavy atom. The van der Waals surface area contributed by atoms with Crippen molar-refractivity contribution < 1.29 is 14.3 Å². The number of likely N-dealkylation sites (tertiary alicyclic amines) is 1. The van der Waals surface area contributed by atoms with Gasteiger partial charge in [0.05, 0.1) is 5.56 Å². The number of halogens is 1. The zero-order valence-corrected chi connectivity index (χ0v) is 11.4. The summed E-state index contributed by atoms with van der Waals surface area (Å²) < 4.78 is 13.3. The zero-order valence-electron chi connectivity index (χ0n) is 11.4. The molecule has 1 aromatic carbocycles. The van der Waals surface area contributed by atoms with E-state index in [1.54, 1.807) is 6.07 Å². The summed E-state index contributed by atoms with van der Waals surface area (Å²) in [4.78, 5) is 13.3. The van der Waals surface area contributed by atoms with E-state index in [0.29, 0.717) is 18.5 Å². The lowest BCUT2D eigenvalue weighted by molar-refractivity contribution is 0.0691. The van der Waals surface area contributed by atoms with Crippen LogP contribution in [0.2, 0.25) is 0 Å². The Morgan fingerprint density at radius 1 is 1.53 bits per heavy atom. The third kappa shape index (κ3) is 3.13. The molecule has 3 nitrogen and oxygen atoms in total. The second kappa shape index (κ2) is 5.70. The van der Waals surface area contributed by atoms with Crippen LogP contribution in [0.5, 0.6) is 0 Å². The maximum atomic E-state index is 13.3. The van der Waals surface area contributed by atoms with Gasteiger partial charge >= 0.3 is 5.97 Å². The summed E-state index contributed by atoms with van der Waals surface area (Å²) in [6, 6.07) is 4.92. The third-order valence-electron chi connectivity index (χ3n) is 3.83. The fraction of sp³-hybridized carbons (Fsp3) is 0.533. The minimum Gasteiger partial charge on any atom is -0.478 e. The average Bonchev–Trinajstić information content (AvgIpc) is 2.79. The molecule has 0 amide bonds. The fourth-order valence-electron chi connectivity index (χ4n) is 2.87. The van der Waals surface area contributed by atoms with Crippen LogP contribution < -0.4 is 0 Å². The fourth-order valence-corrected chi connectivity index (χ4v) is 2.87. The largest absolute Gasteiger partial charge is 0.478 e. The number of nitrogens with zero attached hydrogens (tertiary/aromatic N) is 1. The van der Waals surface area contributed by atoms with Gasteiger partial charge in [0.15, 0.2) is 0 Å². The molecule has 0 aromatic heterocycles. The van der Waals surface area contributed by atoms with Crippen molar-refractivity contribution in [1.82, 2.24) is 4.90 Å². The summed E-state index contributed by atoms with van der Waals surface area (Å²) in [6.07, 6.45) is 2.36. The van der Waals surface area contributed by atoms with Crippen LogP contribution in [0.25, 0.3) is 0 Å². The number of rotatable bonds is 4. The van der Waals surface area contributed by atoms with Crippen LogP contribution in [0.1, 0.15) is 42.6 Å². The highest BCUT2D eigenvalue weighted by molar-refractivity contribution is 5.88. The van der Waals surface area contributed by atoms with E-state index in [1.165, 1.54) is 25.0 Å². The molecule has 1 unspecified atom stereocenters.